The molecule has 3 nitrogen and oxygen atoms in total. The van der Waals surface area contributed by atoms with E-state index in [2.05, 4.69) is 17.4 Å². The minimum atomic E-state index is 0.669. The van der Waals surface area contributed by atoms with Gasteiger partial charge in [0.15, 0.2) is 0 Å². The van der Waals surface area contributed by atoms with Crippen molar-refractivity contribution in [3.05, 3.63) is 35.9 Å². The number of hydroxylamine groups is 2. The van der Waals surface area contributed by atoms with Gasteiger partial charge in [-0.3, -0.25) is 4.84 Å². The maximum Gasteiger partial charge on any atom is 0.0936 e. The van der Waals surface area contributed by atoms with Crippen LogP contribution in [0.5, 0.6) is 0 Å². The molecule has 1 saturated heterocycles. The molecule has 0 spiro atoms. The van der Waals surface area contributed by atoms with Gasteiger partial charge in [0.05, 0.1) is 13.3 Å². The van der Waals surface area contributed by atoms with Crippen molar-refractivity contribution >= 4 is 0 Å². The van der Waals surface area contributed by atoms with Crippen molar-refractivity contribution < 1.29 is 4.84 Å². The van der Waals surface area contributed by atoms with Gasteiger partial charge in [0, 0.05) is 13.1 Å². The molecule has 0 amide bonds. The molecule has 0 saturated carbocycles. The topological polar surface area (TPSA) is 24.5 Å². The number of hydrogen-bond acceptors (Lipinski definition) is 3. The summed E-state index contributed by atoms with van der Waals surface area (Å²) in [6, 6.07) is 10.2. The summed E-state index contributed by atoms with van der Waals surface area (Å²) >= 11 is 0. The Labute approximate surface area is 78.3 Å². The van der Waals surface area contributed by atoms with Crippen LogP contribution < -0.4 is 5.32 Å². The molecule has 1 aromatic rings. The van der Waals surface area contributed by atoms with Gasteiger partial charge < -0.3 is 5.32 Å². The average molecular weight is 178 g/mol. The van der Waals surface area contributed by atoms with Crippen LogP contribution in [0.2, 0.25) is 0 Å². The summed E-state index contributed by atoms with van der Waals surface area (Å²) in [5, 5.41) is 5.16. The van der Waals surface area contributed by atoms with Crippen LogP contribution in [0.3, 0.4) is 0 Å². The van der Waals surface area contributed by atoms with Gasteiger partial charge in [-0.1, -0.05) is 30.3 Å². The quantitative estimate of drug-likeness (QED) is 0.746. The highest BCUT2D eigenvalue weighted by atomic mass is 16.7. The molecule has 0 unspecified atom stereocenters. The first-order valence-electron chi connectivity index (χ1n) is 4.58. The number of nitrogens with zero attached hydrogens (tertiary/aromatic N) is 1. The minimum absolute atomic E-state index is 0.669. The van der Waals surface area contributed by atoms with Gasteiger partial charge in [-0.2, -0.15) is 5.06 Å². The molecule has 1 aliphatic heterocycles. The third kappa shape index (κ3) is 2.52. The third-order valence-corrected chi connectivity index (χ3v) is 2.08. The standard InChI is InChI=1S/C10H14N2O/c1-2-4-10(5-3-1)8-13-12-7-6-11-9-12/h1-5,11H,6-9H2. The highest BCUT2D eigenvalue weighted by molar-refractivity contribution is 5.13. The third-order valence-electron chi connectivity index (χ3n) is 2.08. The number of hydrogen-bond donors (Lipinski definition) is 1. The van der Waals surface area contributed by atoms with Crippen molar-refractivity contribution in [3.8, 4) is 0 Å². The van der Waals surface area contributed by atoms with Crippen LogP contribution in [-0.4, -0.2) is 24.8 Å². The number of rotatable bonds is 3. The molecule has 1 N–H and O–H groups in total. The van der Waals surface area contributed by atoms with Gasteiger partial charge in [-0.15, -0.1) is 0 Å². The summed E-state index contributed by atoms with van der Waals surface area (Å²) in [5.74, 6) is 0. The predicted octanol–water partition coefficient (Wildman–Crippen LogP) is 0.981. The van der Waals surface area contributed by atoms with Crippen molar-refractivity contribution in [1.29, 1.82) is 0 Å². The van der Waals surface area contributed by atoms with E-state index in [4.69, 9.17) is 4.84 Å². The Morgan fingerprint density at radius 3 is 2.85 bits per heavy atom. The number of benzene rings is 1. The fraction of sp³-hybridized carbons (Fsp3) is 0.400. The molecule has 0 radical (unpaired) electrons. The van der Waals surface area contributed by atoms with Crippen LogP contribution in [-0.2, 0) is 11.4 Å². The van der Waals surface area contributed by atoms with Crippen molar-refractivity contribution in [2.24, 2.45) is 0 Å². The predicted molar refractivity (Wildman–Crippen MR) is 50.8 cm³/mol. The molecule has 70 valence electrons. The van der Waals surface area contributed by atoms with Gasteiger partial charge in [0.2, 0.25) is 0 Å². The maximum absolute atomic E-state index is 5.56. The molecular weight excluding hydrogens is 164 g/mol. The Kier molecular flexibility index (Phi) is 2.92. The van der Waals surface area contributed by atoms with E-state index in [1.54, 1.807) is 0 Å². The second-order valence-corrected chi connectivity index (χ2v) is 3.12. The number of nitrogens with one attached hydrogen (secondary N) is 1. The first kappa shape index (κ1) is 8.69. The van der Waals surface area contributed by atoms with E-state index in [9.17, 15) is 0 Å². The zero-order valence-electron chi connectivity index (χ0n) is 7.57. The second kappa shape index (κ2) is 4.37. The molecule has 3 heteroatoms. The Balaban J connectivity index is 1.79. The molecule has 2 rings (SSSR count). The van der Waals surface area contributed by atoms with Gasteiger partial charge in [-0.25, -0.2) is 0 Å². The lowest BCUT2D eigenvalue weighted by Gasteiger charge is -2.13. The molecule has 0 aromatic heterocycles. The van der Waals surface area contributed by atoms with E-state index in [1.165, 1.54) is 5.56 Å². The Hall–Kier alpha value is -0.900. The monoisotopic (exact) mass is 178 g/mol. The smallest absolute Gasteiger partial charge is 0.0936 e. The minimum Gasteiger partial charge on any atom is -0.301 e. The van der Waals surface area contributed by atoms with Crippen LogP contribution >= 0.6 is 0 Å². The normalized spacial score (nSPS) is 17.8. The lowest BCUT2D eigenvalue weighted by atomic mass is 10.2. The first-order chi connectivity index (χ1) is 6.45. The zero-order valence-corrected chi connectivity index (χ0v) is 7.57. The highest BCUT2D eigenvalue weighted by Gasteiger charge is 2.10. The summed E-state index contributed by atoms with van der Waals surface area (Å²) in [4.78, 5) is 5.56. The van der Waals surface area contributed by atoms with E-state index in [0.29, 0.717) is 6.61 Å². The fourth-order valence-electron chi connectivity index (χ4n) is 1.34. The van der Waals surface area contributed by atoms with Crippen LogP contribution in [0.1, 0.15) is 5.56 Å². The van der Waals surface area contributed by atoms with Crippen LogP contribution in [0, 0.1) is 0 Å². The van der Waals surface area contributed by atoms with Crippen molar-refractivity contribution in [2.45, 2.75) is 6.61 Å². The molecule has 0 atom stereocenters. The molecule has 1 aliphatic rings. The lowest BCUT2D eigenvalue weighted by Crippen LogP contribution is -2.22. The van der Waals surface area contributed by atoms with E-state index in [1.807, 2.05) is 23.3 Å². The van der Waals surface area contributed by atoms with E-state index >= 15 is 0 Å². The maximum atomic E-state index is 5.56. The largest absolute Gasteiger partial charge is 0.301 e. The molecule has 0 aliphatic carbocycles. The SMILES string of the molecule is c1ccc(CON2CCNC2)cc1. The fourth-order valence-corrected chi connectivity index (χ4v) is 1.34. The van der Waals surface area contributed by atoms with Crippen molar-refractivity contribution in [1.82, 2.24) is 10.4 Å². The molecule has 1 heterocycles. The Morgan fingerprint density at radius 2 is 2.15 bits per heavy atom. The molecule has 1 aromatic carbocycles. The van der Waals surface area contributed by atoms with Crippen LogP contribution in [0.25, 0.3) is 0 Å². The van der Waals surface area contributed by atoms with Crippen LogP contribution in [0.4, 0.5) is 0 Å². The van der Waals surface area contributed by atoms with E-state index in [-0.39, 0.29) is 0 Å². The van der Waals surface area contributed by atoms with Crippen molar-refractivity contribution in [3.63, 3.8) is 0 Å². The summed E-state index contributed by atoms with van der Waals surface area (Å²) in [6.07, 6.45) is 0. The summed E-state index contributed by atoms with van der Waals surface area (Å²) in [5.41, 5.74) is 1.22. The Bertz CT molecular complexity index is 244. The molecule has 0 bridgehead atoms. The molecule has 13 heavy (non-hydrogen) atoms. The first-order valence-corrected chi connectivity index (χ1v) is 4.58. The van der Waals surface area contributed by atoms with Gasteiger partial charge >= 0.3 is 0 Å². The summed E-state index contributed by atoms with van der Waals surface area (Å²) < 4.78 is 0. The molecular formula is C10H14N2O. The highest BCUT2D eigenvalue weighted by Crippen LogP contribution is 2.03. The van der Waals surface area contributed by atoms with Gasteiger partial charge in [-0.05, 0) is 5.56 Å². The zero-order chi connectivity index (χ0) is 8.93. The summed E-state index contributed by atoms with van der Waals surface area (Å²) in [6.45, 7) is 3.51. The average Bonchev–Trinajstić information content (AvgIpc) is 2.69. The molecule has 1 fully saturated rings. The van der Waals surface area contributed by atoms with Gasteiger partial charge in [0.25, 0.3) is 0 Å². The Morgan fingerprint density at radius 1 is 1.31 bits per heavy atom. The summed E-state index contributed by atoms with van der Waals surface area (Å²) in [7, 11) is 0. The van der Waals surface area contributed by atoms with Crippen LogP contribution in [0.15, 0.2) is 30.3 Å². The van der Waals surface area contributed by atoms with E-state index in [0.717, 1.165) is 19.8 Å². The van der Waals surface area contributed by atoms with E-state index < -0.39 is 0 Å². The van der Waals surface area contributed by atoms with Crippen molar-refractivity contribution in [2.75, 3.05) is 19.8 Å². The second-order valence-electron chi connectivity index (χ2n) is 3.12. The lowest BCUT2D eigenvalue weighted by molar-refractivity contribution is -0.154. The van der Waals surface area contributed by atoms with Gasteiger partial charge in [0.1, 0.15) is 0 Å².